The summed E-state index contributed by atoms with van der Waals surface area (Å²) in [5, 5.41) is 1.91. The lowest BCUT2D eigenvalue weighted by Crippen LogP contribution is -1.95. The van der Waals surface area contributed by atoms with Gasteiger partial charge in [0, 0.05) is 6.20 Å². The molecule has 2 heterocycles. The highest BCUT2D eigenvalue weighted by Crippen LogP contribution is 2.33. The molecule has 0 aliphatic heterocycles. The van der Waals surface area contributed by atoms with E-state index >= 15 is 0 Å². The normalized spacial score (nSPS) is 10.6. The van der Waals surface area contributed by atoms with Gasteiger partial charge in [-0.25, -0.2) is 15.0 Å². The van der Waals surface area contributed by atoms with Crippen LogP contribution in [-0.2, 0) is 0 Å². The van der Waals surface area contributed by atoms with Gasteiger partial charge in [-0.2, -0.15) is 0 Å². The molecule has 0 saturated carbocycles. The zero-order valence-corrected chi connectivity index (χ0v) is 12.4. The topological polar surface area (TPSA) is 38.7 Å². The van der Waals surface area contributed by atoms with Gasteiger partial charge < -0.3 is 0 Å². The molecule has 2 aromatic heterocycles. The zero-order valence-electron chi connectivity index (χ0n) is 9.24. The Morgan fingerprint density at radius 1 is 1.18 bits per heavy atom. The first-order valence-corrected chi connectivity index (χ1v) is 6.86. The average Bonchev–Trinajstić information content (AvgIpc) is 2.29. The van der Waals surface area contributed by atoms with E-state index in [1.165, 1.54) is 11.8 Å². The quantitative estimate of drug-likeness (QED) is 0.832. The van der Waals surface area contributed by atoms with Crippen molar-refractivity contribution in [1.82, 2.24) is 15.0 Å². The summed E-state index contributed by atoms with van der Waals surface area (Å²) in [4.78, 5) is 12.9. The van der Waals surface area contributed by atoms with Crippen LogP contribution < -0.4 is 0 Å². The van der Waals surface area contributed by atoms with Crippen molar-refractivity contribution in [1.29, 1.82) is 0 Å². The van der Waals surface area contributed by atoms with Crippen LogP contribution in [0, 0.1) is 13.8 Å². The van der Waals surface area contributed by atoms with Crippen molar-refractivity contribution in [2.75, 3.05) is 0 Å². The van der Waals surface area contributed by atoms with Crippen LogP contribution in [-0.4, -0.2) is 15.0 Å². The van der Waals surface area contributed by atoms with E-state index in [1.54, 1.807) is 6.20 Å². The fourth-order valence-corrected chi connectivity index (χ4v) is 2.72. The highest BCUT2D eigenvalue weighted by atomic mass is 79.9. The summed E-state index contributed by atoms with van der Waals surface area (Å²) in [6.07, 6.45) is 1.73. The Balaban J connectivity index is 2.37. The molecule has 0 N–H and O–H groups in total. The maximum Gasteiger partial charge on any atom is 0.161 e. The van der Waals surface area contributed by atoms with Crippen molar-refractivity contribution in [2.45, 2.75) is 23.9 Å². The fourth-order valence-electron chi connectivity index (χ4n) is 1.16. The van der Waals surface area contributed by atoms with Gasteiger partial charge >= 0.3 is 0 Å². The van der Waals surface area contributed by atoms with Gasteiger partial charge in [0.15, 0.2) is 5.15 Å². The third-order valence-electron chi connectivity index (χ3n) is 2.15. The van der Waals surface area contributed by atoms with Crippen LogP contribution in [0.4, 0.5) is 0 Å². The maximum absolute atomic E-state index is 6.07. The molecule has 3 nitrogen and oxygen atoms in total. The van der Waals surface area contributed by atoms with Gasteiger partial charge in [0.25, 0.3) is 0 Å². The number of hydrogen-bond acceptors (Lipinski definition) is 4. The van der Waals surface area contributed by atoms with Crippen LogP contribution in [0.15, 0.2) is 32.9 Å². The van der Waals surface area contributed by atoms with Crippen LogP contribution in [0.3, 0.4) is 0 Å². The van der Waals surface area contributed by atoms with E-state index in [2.05, 4.69) is 30.9 Å². The molecule has 0 fully saturated rings. The molecule has 0 amide bonds. The summed E-state index contributed by atoms with van der Waals surface area (Å²) >= 11 is 10.9. The van der Waals surface area contributed by atoms with Crippen LogP contribution >= 0.6 is 39.3 Å². The minimum Gasteiger partial charge on any atom is -0.248 e. The molecular formula is C11H9BrClN3S. The summed E-state index contributed by atoms with van der Waals surface area (Å²) in [7, 11) is 0. The van der Waals surface area contributed by atoms with Gasteiger partial charge in [-0.05, 0) is 53.7 Å². The number of aromatic nitrogens is 3. The van der Waals surface area contributed by atoms with Gasteiger partial charge in [0.1, 0.15) is 10.1 Å². The van der Waals surface area contributed by atoms with Crippen LogP contribution in [0.1, 0.15) is 11.4 Å². The van der Waals surface area contributed by atoms with Crippen LogP contribution in [0.25, 0.3) is 0 Å². The third-order valence-corrected chi connectivity index (χ3v) is 4.43. The molecule has 2 rings (SSSR count). The Labute approximate surface area is 117 Å². The van der Waals surface area contributed by atoms with Crippen molar-refractivity contribution in [2.24, 2.45) is 0 Å². The lowest BCUT2D eigenvalue weighted by atomic mass is 10.4. The lowest BCUT2D eigenvalue weighted by Gasteiger charge is -2.06. The van der Waals surface area contributed by atoms with E-state index < -0.39 is 0 Å². The van der Waals surface area contributed by atoms with Crippen molar-refractivity contribution in [3.05, 3.63) is 39.3 Å². The third kappa shape index (κ3) is 2.97. The number of rotatable bonds is 2. The first kappa shape index (κ1) is 12.8. The number of pyridine rings is 1. The molecule has 6 heteroatoms. The van der Waals surface area contributed by atoms with Gasteiger partial charge in [-0.1, -0.05) is 11.6 Å². The number of hydrogen-bond donors (Lipinski definition) is 0. The second-order valence-electron chi connectivity index (χ2n) is 3.38. The first-order valence-electron chi connectivity index (χ1n) is 4.87. The van der Waals surface area contributed by atoms with Crippen molar-refractivity contribution in [3.8, 4) is 0 Å². The molecule has 0 unspecified atom stereocenters. The van der Waals surface area contributed by atoms with Crippen molar-refractivity contribution < 1.29 is 0 Å². The fraction of sp³-hybridized carbons (Fsp3) is 0.182. The SMILES string of the molecule is Cc1nc(Cl)c(Sc2ncccc2Br)nc1C. The Kier molecular flexibility index (Phi) is 4.01. The average molecular weight is 331 g/mol. The molecule has 2 aromatic rings. The zero-order chi connectivity index (χ0) is 12.4. The van der Waals surface area contributed by atoms with E-state index in [9.17, 15) is 0 Å². The summed E-state index contributed by atoms with van der Waals surface area (Å²) in [5.74, 6) is 0. The molecule has 0 saturated heterocycles. The predicted molar refractivity (Wildman–Crippen MR) is 72.6 cm³/mol. The maximum atomic E-state index is 6.07. The van der Waals surface area contributed by atoms with E-state index in [4.69, 9.17) is 11.6 Å². The number of nitrogens with zero attached hydrogens (tertiary/aromatic N) is 3. The van der Waals surface area contributed by atoms with Gasteiger partial charge in [-0.3, -0.25) is 0 Å². The highest BCUT2D eigenvalue weighted by Gasteiger charge is 2.11. The molecule has 17 heavy (non-hydrogen) atoms. The van der Waals surface area contributed by atoms with E-state index in [0.29, 0.717) is 10.2 Å². The molecule has 0 atom stereocenters. The van der Waals surface area contributed by atoms with Gasteiger partial charge in [0.05, 0.1) is 15.9 Å². The molecule has 88 valence electrons. The number of halogens is 2. The predicted octanol–water partition coefficient (Wildman–Crippen LogP) is 4.06. The smallest absolute Gasteiger partial charge is 0.161 e. The van der Waals surface area contributed by atoms with E-state index in [0.717, 1.165) is 20.9 Å². The molecule has 0 aliphatic rings. The second kappa shape index (κ2) is 5.33. The summed E-state index contributed by atoms with van der Waals surface area (Å²) in [5.41, 5.74) is 1.73. The molecular weight excluding hydrogens is 322 g/mol. The van der Waals surface area contributed by atoms with Crippen LogP contribution in [0.5, 0.6) is 0 Å². The summed E-state index contributed by atoms with van der Waals surface area (Å²) in [6.45, 7) is 3.80. The molecule has 0 radical (unpaired) electrons. The Bertz CT molecular complexity index is 562. The minimum absolute atomic E-state index is 0.413. The van der Waals surface area contributed by atoms with E-state index in [-0.39, 0.29) is 0 Å². The standard InChI is InChI=1S/C11H9BrClN3S/c1-6-7(2)16-11(9(13)15-6)17-10-8(12)4-3-5-14-10/h3-5H,1-2H3. The van der Waals surface area contributed by atoms with Gasteiger partial charge in [-0.15, -0.1) is 0 Å². The Morgan fingerprint density at radius 2 is 1.88 bits per heavy atom. The van der Waals surface area contributed by atoms with Crippen molar-refractivity contribution >= 4 is 39.3 Å². The largest absolute Gasteiger partial charge is 0.248 e. The Morgan fingerprint density at radius 3 is 2.59 bits per heavy atom. The monoisotopic (exact) mass is 329 g/mol. The minimum atomic E-state index is 0.413. The van der Waals surface area contributed by atoms with Gasteiger partial charge in [0.2, 0.25) is 0 Å². The molecule has 0 aliphatic carbocycles. The molecule has 0 spiro atoms. The van der Waals surface area contributed by atoms with E-state index in [1.807, 2.05) is 26.0 Å². The second-order valence-corrected chi connectivity index (χ2v) is 5.57. The van der Waals surface area contributed by atoms with Crippen LogP contribution in [0.2, 0.25) is 5.15 Å². The Hall–Kier alpha value is -0.650. The molecule has 0 aromatic carbocycles. The number of aryl methyl sites for hydroxylation is 2. The summed E-state index contributed by atoms with van der Waals surface area (Å²) < 4.78 is 0.918. The highest BCUT2D eigenvalue weighted by molar-refractivity contribution is 9.10. The summed E-state index contributed by atoms with van der Waals surface area (Å²) in [6, 6.07) is 3.79. The van der Waals surface area contributed by atoms with Crippen molar-refractivity contribution in [3.63, 3.8) is 0 Å². The first-order chi connectivity index (χ1) is 8.08. The lowest BCUT2D eigenvalue weighted by molar-refractivity contribution is 0.953. The molecule has 0 bridgehead atoms.